The molecule has 0 amide bonds. The van der Waals surface area contributed by atoms with Crippen molar-refractivity contribution in [2.24, 2.45) is 5.92 Å². The van der Waals surface area contributed by atoms with Gasteiger partial charge in [0.2, 0.25) is 0 Å². The highest BCUT2D eigenvalue weighted by Crippen LogP contribution is 2.53. The molecule has 0 unspecified atom stereocenters. The second-order valence-electron chi connectivity index (χ2n) is 8.77. The van der Waals surface area contributed by atoms with Crippen molar-refractivity contribution in [3.63, 3.8) is 0 Å². The van der Waals surface area contributed by atoms with E-state index in [1.54, 1.807) is 0 Å². The third-order valence-corrected chi connectivity index (χ3v) is 6.95. The molecule has 1 aliphatic heterocycles. The number of rotatable bonds is 4. The van der Waals surface area contributed by atoms with Gasteiger partial charge in [0.25, 0.3) is 0 Å². The van der Waals surface area contributed by atoms with Crippen LogP contribution in [-0.4, -0.2) is 29.4 Å². The third-order valence-electron chi connectivity index (χ3n) is 6.95. The van der Waals surface area contributed by atoms with Crippen LogP contribution in [0.15, 0.2) is 24.3 Å². The first-order chi connectivity index (χ1) is 13.5. The van der Waals surface area contributed by atoms with E-state index in [4.69, 9.17) is 9.47 Å². The zero-order valence-electron chi connectivity index (χ0n) is 16.5. The fourth-order valence-corrected chi connectivity index (χ4v) is 5.00. The number of ether oxygens (including phenoxy) is 2. The van der Waals surface area contributed by atoms with Crippen molar-refractivity contribution in [1.29, 1.82) is 5.26 Å². The first kappa shape index (κ1) is 17.8. The molecular weight excluding hydrogens is 352 g/mol. The lowest BCUT2D eigenvalue weighted by Crippen LogP contribution is -2.26. The van der Waals surface area contributed by atoms with Gasteiger partial charge in [-0.05, 0) is 74.6 Å². The van der Waals surface area contributed by atoms with Crippen LogP contribution in [0.25, 0.3) is 10.9 Å². The number of carbonyl (C=O) groups is 1. The Kier molecular flexibility index (Phi) is 3.86. The van der Waals surface area contributed by atoms with Gasteiger partial charge in [-0.1, -0.05) is 13.0 Å². The van der Waals surface area contributed by atoms with E-state index >= 15 is 0 Å². The Morgan fingerprint density at radius 2 is 2.14 bits per heavy atom. The van der Waals surface area contributed by atoms with Crippen LogP contribution in [0.4, 0.5) is 0 Å². The molecule has 5 nitrogen and oxygen atoms in total. The first-order valence-corrected chi connectivity index (χ1v) is 10.4. The molecule has 5 rings (SSSR count). The summed E-state index contributed by atoms with van der Waals surface area (Å²) in [6.45, 7) is 5.02. The van der Waals surface area contributed by atoms with E-state index in [1.165, 1.54) is 18.4 Å². The maximum atomic E-state index is 12.6. The van der Waals surface area contributed by atoms with Crippen molar-refractivity contribution in [1.82, 2.24) is 4.57 Å². The summed E-state index contributed by atoms with van der Waals surface area (Å²) >= 11 is 0. The summed E-state index contributed by atoms with van der Waals surface area (Å²) in [6, 6.07) is 10.9. The van der Waals surface area contributed by atoms with Gasteiger partial charge in [-0.3, -0.25) is 0 Å². The Morgan fingerprint density at radius 1 is 1.36 bits per heavy atom. The number of fused-ring (bicyclic) bond motifs is 1. The molecule has 3 atom stereocenters. The molecule has 1 spiro atoms. The zero-order chi connectivity index (χ0) is 19.5. The fraction of sp³-hybridized carbons (Fsp3) is 0.565. The lowest BCUT2D eigenvalue weighted by molar-refractivity contribution is -0.0132. The van der Waals surface area contributed by atoms with Gasteiger partial charge in [-0.15, -0.1) is 0 Å². The van der Waals surface area contributed by atoms with E-state index in [9.17, 15) is 10.1 Å². The van der Waals surface area contributed by atoms with Crippen molar-refractivity contribution in [2.45, 2.75) is 63.0 Å². The van der Waals surface area contributed by atoms with Crippen LogP contribution in [0, 0.1) is 17.2 Å². The topological polar surface area (TPSA) is 64.2 Å². The third kappa shape index (κ3) is 2.58. The van der Waals surface area contributed by atoms with E-state index in [2.05, 4.69) is 31.2 Å². The molecule has 0 bridgehead atoms. The van der Waals surface area contributed by atoms with Crippen LogP contribution >= 0.6 is 0 Å². The number of nitrogens with zero attached hydrogens (tertiary/aromatic N) is 2. The Hall–Kier alpha value is -2.32. The molecule has 28 heavy (non-hydrogen) atoms. The molecule has 1 aromatic heterocycles. The number of esters is 1. The van der Waals surface area contributed by atoms with Crippen LogP contribution in [0.2, 0.25) is 0 Å². The lowest BCUT2D eigenvalue weighted by atomic mass is 9.87. The van der Waals surface area contributed by atoms with Gasteiger partial charge in [-0.25, -0.2) is 4.79 Å². The van der Waals surface area contributed by atoms with Crippen molar-refractivity contribution in [3.8, 4) is 6.07 Å². The molecule has 3 fully saturated rings. The second-order valence-corrected chi connectivity index (χ2v) is 8.77. The molecule has 1 saturated heterocycles. The highest BCUT2D eigenvalue weighted by molar-refractivity contribution is 5.96. The standard InChI is InChI=1S/C23H26N2O3/c1-3-27-21(26)20-11-18-10-16(17-6-9-28-22(13-17)7-8-22)4-5-19(18)25(20)23(14-24)12-15(23)2/h4-5,10-11,15,17H,3,6-9,12-13H2,1-2H3/t15-,17+,23-/m0/s1. The SMILES string of the molecule is CCOC(=O)c1cc2cc([C@@H]3CCOC4(CC4)C3)ccc2n1[C@]1(C#N)C[C@@H]1C. The molecule has 2 aliphatic carbocycles. The molecule has 2 saturated carbocycles. The van der Waals surface area contributed by atoms with Crippen LogP contribution < -0.4 is 0 Å². The number of nitriles is 1. The Morgan fingerprint density at radius 3 is 2.79 bits per heavy atom. The predicted octanol–water partition coefficient (Wildman–Crippen LogP) is 4.50. The van der Waals surface area contributed by atoms with E-state index < -0.39 is 5.54 Å². The van der Waals surface area contributed by atoms with Crippen LogP contribution in [0.3, 0.4) is 0 Å². The summed E-state index contributed by atoms with van der Waals surface area (Å²) in [5.74, 6) is 0.378. The summed E-state index contributed by atoms with van der Waals surface area (Å²) in [6.07, 6.45) is 5.25. The molecule has 2 aromatic rings. The van der Waals surface area contributed by atoms with Crippen molar-refractivity contribution < 1.29 is 14.3 Å². The van der Waals surface area contributed by atoms with E-state index in [0.29, 0.717) is 18.2 Å². The number of hydrogen-bond donors (Lipinski definition) is 0. The number of carbonyl (C=O) groups excluding carboxylic acids is 1. The highest BCUT2D eigenvalue weighted by Gasteiger charge is 2.55. The van der Waals surface area contributed by atoms with Crippen molar-refractivity contribution in [2.75, 3.05) is 13.2 Å². The van der Waals surface area contributed by atoms with Gasteiger partial charge < -0.3 is 14.0 Å². The molecular formula is C23H26N2O3. The van der Waals surface area contributed by atoms with Crippen LogP contribution in [-0.2, 0) is 15.0 Å². The Labute approximate surface area is 165 Å². The molecule has 0 radical (unpaired) electrons. The number of aromatic nitrogens is 1. The zero-order valence-corrected chi connectivity index (χ0v) is 16.5. The molecule has 2 heterocycles. The summed E-state index contributed by atoms with van der Waals surface area (Å²) in [5.41, 5.74) is 2.25. The van der Waals surface area contributed by atoms with Crippen molar-refractivity contribution in [3.05, 3.63) is 35.5 Å². The second kappa shape index (κ2) is 6.09. The van der Waals surface area contributed by atoms with Crippen molar-refractivity contribution >= 4 is 16.9 Å². The molecule has 146 valence electrons. The quantitative estimate of drug-likeness (QED) is 0.735. The van der Waals surface area contributed by atoms with Crippen LogP contribution in [0.1, 0.15) is 67.9 Å². The minimum Gasteiger partial charge on any atom is -0.461 e. The minimum absolute atomic E-state index is 0.133. The monoisotopic (exact) mass is 378 g/mol. The Bertz CT molecular complexity index is 997. The van der Waals surface area contributed by atoms with Gasteiger partial charge in [0.05, 0.1) is 23.8 Å². The fourth-order valence-electron chi connectivity index (χ4n) is 5.00. The summed E-state index contributed by atoms with van der Waals surface area (Å²) < 4.78 is 13.2. The maximum absolute atomic E-state index is 12.6. The predicted molar refractivity (Wildman–Crippen MR) is 105 cm³/mol. The van der Waals surface area contributed by atoms with E-state index in [-0.39, 0.29) is 17.5 Å². The average Bonchev–Trinajstić information content (AvgIpc) is 3.56. The van der Waals surface area contributed by atoms with Crippen LogP contribution in [0.5, 0.6) is 0 Å². The van der Waals surface area contributed by atoms with Gasteiger partial charge in [-0.2, -0.15) is 5.26 Å². The number of benzene rings is 1. The highest BCUT2D eigenvalue weighted by atomic mass is 16.5. The summed E-state index contributed by atoms with van der Waals surface area (Å²) in [7, 11) is 0. The lowest BCUT2D eigenvalue weighted by Gasteiger charge is -2.30. The minimum atomic E-state index is -0.637. The average molecular weight is 378 g/mol. The van der Waals surface area contributed by atoms with Gasteiger partial charge >= 0.3 is 5.97 Å². The smallest absolute Gasteiger partial charge is 0.355 e. The Balaban J connectivity index is 1.59. The largest absolute Gasteiger partial charge is 0.461 e. The molecule has 1 aromatic carbocycles. The normalized spacial score (nSPS) is 30.2. The molecule has 0 N–H and O–H groups in total. The maximum Gasteiger partial charge on any atom is 0.355 e. The molecule has 5 heteroatoms. The van der Waals surface area contributed by atoms with Gasteiger partial charge in [0.1, 0.15) is 11.2 Å². The number of hydrogen-bond acceptors (Lipinski definition) is 4. The summed E-state index contributed by atoms with van der Waals surface area (Å²) in [4.78, 5) is 12.6. The summed E-state index contributed by atoms with van der Waals surface area (Å²) in [5, 5.41) is 10.9. The van der Waals surface area contributed by atoms with E-state index in [1.807, 2.05) is 17.6 Å². The molecule has 3 aliphatic rings. The van der Waals surface area contributed by atoms with E-state index in [0.717, 1.165) is 36.8 Å². The van der Waals surface area contributed by atoms with Gasteiger partial charge in [0.15, 0.2) is 0 Å². The first-order valence-electron chi connectivity index (χ1n) is 10.4. The van der Waals surface area contributed by atoms with Gasteiger partial charge in [0, 0.05) is 12.0 Å².